The molecule has 2 nitrogen and oxygen atoms in total. The predicted octanol–water partition coefficient (Wildman–Crippen LogP) is 5.35. The maximum atomic E-state index is 5.88. The summed E-state index contributed by atoms with van der Waals surface area (Å²) < 4.78 is 11.7. The van der Waals surface area contributed by atoms with Crippen LogP contribution < -0.4 is 9.47 Å². The van der Waals surface area contributed by atoms with Gasteiger partial charge < -0.3 is 9.47 Å². The van der Waals surface area contributed by atoms with Gasteiger partial charge in [-0.3, -0.25) is 0 Å². The third-order valence-corrected chi connectivity index (χ3v) is 7.34. The van der Waals surface area contributed by atoms with Crippen molar-refractivity contribution in [1.82, 2.24) is 0 Å². The van der Waals surface area contributed by atoms with Crippen LogP contribution in [0, 0.1) is 0 Å². The number of rotatable bonds is 2. The Bertz CT molecular complexity index is 1100. The Kier molecular flexibility index (Phi) is 2.81. The van der Waals surface area contributed by atoms with Gasteiger partial charge >= 0.3 is 0 Å². The Hall–Kier alpha value is -2.74. The number of ether oxygens (including phenoxy) is 2. The first-order chi connectivity index (χ1) is 13.2. The zero-order valence-electron chi connectivity index (χ0n) is 15.8. The summed E-state index contributed by atoms with van der Waals surface area (Å²) >= 11 is 0. The van der Waals surface area contributed by atoms with Gasteiger partial charge in [0.05, 0.1) is 14.2 Å². The highest BCUT2D eigenvalue weighted by atomic mass is 16.5. The smallest absolute Gasteiger partial charge is 0.123 e. The minimum atomic E-state index is 0.0276. The summed E-state index contributed by atoms with van der Waals surface area (Å²) in [7, 11) is 3.57. The van der Waals surface area contributed by atoms with Crippen LogP contribution in [-0.4, -0.2) is 14.2 Å². The lowest BCUT2D eigenvalue weighted by Crippen LogP contribution is -2.33. The van der Waals surface area contributed by atoms with Gasteiger partial charge in [0.1, 0.15) is 11.5 Å². The molecule has 134 valence electrons. The van der Waals surface area contributed by atoms with Crippen LogP contribution in [0.3, 0.4) is 0 Å². The third-order valence-electron chi connectivity index (χ3n) is 7.34. The van der Waals surface area contributed by atoms with Crippen molar-refractivity contribution < 1.29 is 9.47 Å². The van der Waals surface area contributed by atoms with E-state index in [1.165, 1.54) is 33.4 Å². The van der Waals surface area contributed by atoms with Crippen LogP contribution in [0.4, 0.5) is 0 Å². The fraction of sp³-hybridized carbons (Fsp3) is 0.280. The molecule has 3 aromatic carbocycles. The van der Waals surface area contributed by atoms with Crippen LogP contribution in [-0.2, 0) is 5.41 Å². The van der Waals surface area contributed by atoms with E-state index in [1.54, 1.807) is 14.2 Å². The molecule has 4 atom stereocenters. The molecule has 0 heterocycles. The van der Waals surface area contributed by atoms with Crippen LogP contribution in [0.2, 0.25) is 0 Å². The van der Waals surface area contributed by atoms with Gasteiger partial charge in [-0.25, -0.2) is 0 Å². The van der Waals surface area contributed by atoms with Gasteiger partial charge in [-0.2, -0.15) is 0 Å². The van der Waals surface area contributed by atoms with Gasteiger partial charge in [0.25, 0.3) is 0 Å². The highest BCUT2D eigenvalue weighted by molar-refractivity contribution is 5.73. The van der Waals surface area contributed by atoms with Crippen molar-refractivity contribution in [2.24, 2.45) is 0 Å². The molecule has 0 saturated heterocycles. The fourth-order valence-electron chi connectivity index (χ4n) is 6.51. The van der Waals surface area contributed by atoms with Gasteiger partial charge in [-0.15, -0.1) is 0 Å². The zero-order chi connectivity index (χ0) is 18.3. The molecule has 0 saturated carbocycles. The van der Waals surface area contributed by atoms with E-state index < -0.39 is 0 Å². The van der Waals surface area contributed by atoms with E-state index >= 15 is 0 Å². The van der Waals surface area contributed by atoms with Gasteiger partial charge in [0, 0.05) is 34.3 Å². The van der Waals surface area contributed by atoms with Gasteiger partial charge in [0.2, 0.25) is 0 Å². The van der Waals surface area contributed by atoms with Crippen LogP contribution >= 0.6 is 0 Å². The molecule has 3 aliphatic rings. The number of methoxy groups -OCH3 is 2. The van der Waals surface area contributed by atoms with E-state index in [1.807, 2.05) is 0 Å². The lowest BCUT2D eigenvalue weighted by molar-refractivity contribution is 0.346. The van der Waals surface area contributed by atoms with E-state index in [-0.39, 0.29) is 5.41 Å². The Morgan fingerprint density at radius 1 is 0.704 bits per heavy atom. The van der Waals surface area contributed by atoms with Crippen LogP contribution in [0.5, 0.6) is 11.5 Å². The van der Waals surface area contributed by atoms with E-state index in [4.69, 9.17) is 9.47 Å². The van der Waals surface area contributed by atoms with Crippen molar-refractivity contribution in [2.75, 3.05) is 14.2 Å². The van der Waals surface area contributed by atoms with Crippen molar-refractivity contribution in [1.29, 1.82) is 0 Å². The SMILES string of the molecule is COc1ccc(OC)c2c1C1c3ccccc3C3c4ccccc4C1(C)C23. The molecule has 0 radical (unpaired) electrons. The normalized spacial score (nSPS) is 28.3. The summed E-state index contributed by atoms with van der Waals surface area (Å²) in [5, 5.41) is 0. The summed E-state index contributed by atoms with van der Waals surface area (Å²) in [5.41, 5.74) is 8.59. The van der Waals surface area contributed by atoms with Crippen molar-refractivity contribution in [3.8, 4) is 11.5 Å². The molecule has 4 unspecified atom stereocenters. The standard InChI is InChI=1S/C25H22O2/c1-25-17-11-7-6-10-16(17)20-14-8-4-5-9-15(14)23(25)21-18(26-2)12-13-19(27-3)22(21)24(20)25/h4-13,20,23-24H,1-3H3. The summed E-state index contributed by atoms with van der Waals surface area (Å²) in [6, 6.07) is 22.2. The largest absolute Gasteiger partial charge is 0.496 e. The summed E-state index contributed by atoms with van der Waals surface area (Å²) in [5.74, 6) is 3.03. The highest BCUT2D eigenvalue weighted by Crippen LogP contribution is 2.75. The number of hydrogen-bond donors (Lipinski definition) is 0. The van der Waals surface area contributed by atoms with Gasteiger partial charge in [-0.05, 0) is 34.4 Å². The van der Waals surface area contributed by atoms with Gasteiger partial charge in [0.15, 0.2) is 0 Å². The number of benzene rings is 3. The predicted molar refractivity (Wildman–Crippen MR) is 106 cm³/mol. The molecule has 4 bridgehead atoms. The number of hydrogen-bond acceptors (Lipinski definition) is 2. The van der Waals surface area contributed by atoms with E-state index in [0.29, 0.717) is 17.8 Å². The van der Waals surface area contributed by atoms with Crippen molar-refractivity contribution in [3.05, 3.63) is 94.0 Å². The summed E-state index contributed by atoms with van der Waals surface area (Å²) in [6.45, 7) is 2.45. The molecular formula is C25H22O2. The van der Waals surface area contributed by atoms with Crippen molar-refractivity contribution >= 4 is 0 Å². The second-order valence-corrected chi connectivity index (χ2v) is 8.18. The summed E-state index contributed by atoms with van der Waals surface area (Å²) in [6.07, 6.45) is 0. The second kappa shape index (κ2) is 4.95. The highest BCUT2D eigenvalue weighted by Gasteiger charge is 2.65. The maximum Gasteiger partial charge on any atom is 0.123 e. The Morgan fingerprint density at radius 3 is 2.00 bits per heavy atom. The van der Waals surface area contributed by atoms with Crippen molar-refractivity contribution in [2.45, 2.75) is 30.1 Å². The average Bonchev–Trinajstić information content (AvgIpc) is 3.03. The lowest BCUT2D eigenvalue weighted by atomic mass is 9.62. The van der Waals surface area contributed by atoms with Crippen LogP contribution in [0.15, 0.2) is 60.7 Å². The molecule has 0 N–H and O–H groups in total. The molecule has 0 aromatic heterocycles. The molecule has 3 aromatic rings. The molecule has 27 heavy (non-hydrogen) atoms. The Balaban J connectivity index is 1.80. The van der Waals surface area contributed by atoms with E-state index in [0.717, 1.165) is 11.5 Å². The first-order valence-corrected chi connectivity index (χ1v) is 9.64. The van der Waals surface area contributed by atoms with Crippen LogP contribution in [0.1, 0.15) is 58.1 Å². The first-order valence-electron chi connectivity index (χ1n) is 9.64. The number of fused-ring (bicyclic) bond motifs is 7. The summed E-state index contributed by atoms with van der Waals surface area (Å²) in [4.78, 5) is 0. The Labute approximate surface area is 159 Å². The molecule has 2 heteroatoms. The molecule has 0 aliphatic heterocycles. The molecule has 0 fully saturated rings. The minimum absolute atomic E-state index is 0.0276. The zero-order valence-corrected chi connectivity index (χ0v) is 15.8. The van der Waals surface area contributed by atoms with E-state index in [2.05, 4.69) is 67.6 Å². The molecule has 6 rings (SSSR count). The average molecular weight is 354 g/mol. The topological polar surface area (TPSA) is 18.5 Å². The quantitative estimate of drug-likeness (QED) is 0.618. The minimum Gasteiger partial charge on any atom is -0.496 e. The van der Waals surface area contributed by atoms with E-state index in [9.17, 15) is 0 Å². The molecule has 0 spiro atoms. The third kappa shape index (κ3) is 1.55. The fourth-order valence-corrected chi connectivity index (χ4v) is 6.51. The first kappa shape index (κ1) is 15.3. The monoisotopic (exact) mass is 354 g/mol. The lowest BCUT2D eigenvalue weighted by Gasteiger charge is -2.40. The van der Waals surface area contributed by atoms with Gasteiger partial charge in [-0.1, -0.05) is 55.5 Å². The molecule has 3 aliphatic carbocycles. The molecule has 0 amide bonds. The Morgan fingerprint density at radius 2 is 1.30 bits per heavy atom. The molecular weight excluding hydrogens is 332 g/mol. The maximum absolute atomic E-state index is 5.88. The second-order valence-electron chi connectivity index (χ2n) is 8.18. The van der Waals surface area contributed by atoms with Crippen LogP contribution in [0.25, 0.3) is 0 Å². The van der Waals surface area contributed by atoms with Crippen molar-refractivity contribution in [3.63, 3.8) is 0 Å².